The highest BCUT2D eigenvalue weighted by atomic mass is 32.1. The summed E-state index contributed by atoms with van der Waals surface area (Å²) in [7, 11) is 0. The van der Waals surface area contributed by atoms with Crippen LogP contribution in [-0.4, -0.2) is 11.7 Å². The van der Waals surface area contributed by atoms with Crippen molar-refractivity contribution < 1.29 is 14.3 Å². The molecule has 1 aromatic heterocycles. The summed E-state index contributed by atoms with van der Waals surface area (Å²) in [6.45, 7) is 2.46. The molecule has 4 nitrogen and oxygen atoms in total. The Labute approximate surface area is 162 Å². The van der Waals surface area contributed by atoms with Crippen LogP contribution in [0.5, 0.6) is 5.75 Å². The van der Waals surface area contributed by atoms with Gasteiger partial charge in [-0.05, 0) is 48.9 Å². The Kier molecular flexibility index (Phi) is 6.39. The van der Waals surface area contributed by atoms with E-state index in [-0.39, 0.29) is 24.5 Å². The highest BCUT2D eigenvalue weighted by Crippen LogP contribution is 2.19. The fraction of sp³-hybridized carbons (Fsp3) is 0.182. The Hall–Kier alpha value is -2.92. The lowest BCUT2D eigenvalue weighted by Gasteiger charge is -2.08. The van der Waals surface area contributed by atoms with Crippen molar-refractivity contribution in [3.05, 3.63) is 82.0 Å². The van der Waals surface area contributed by atoms with Crippen LogP contribution in [0.3, 0.4) is 0 Å². The van der Waals surface area contributed by atoms with E-state index in [0.717, 1.165) is 16.2 Å². The van der Waals surface area contributed by atoms with Gasteiger partial charge in [0, 0.05) is 23.4 Å². The van der Waals surface area contributed by atoms with Gasteiger partial charge in [-0.15, -0.1) is 11.3 Å². The maximum absolute atomic E-state index is 12.1. The first-order valence-corrected chi connectivity index (χ1v) is 9.58. The standard InChI is InChI=1S/C22H21NO3S/c1-16-7-13-21(27-16)20(24)12-14-22(25)23-18-8-10-19(11-9-18)26-15-17-5-3-2-4-6-17/h2-11,13H,12,14-15H2,1H3,(H,23,25). The van der Waals surface area contributed by atoms with Gasteiger partial charge in [-0.1, -0.05) is 30.3 Å². The number of benzene rings is 2. The van der Waals surface area contributed by atoms with Gasteiger partial charge in [0.15, 0.2) is 5.78 Å². The quantitative estimate of drug-likeness (QED) is 0.545. The Morgan fingerprint density at radius 1 is 0.926 bits per heavy atom. The van der Waals surface area contributed by atoms with E-state index in [1.807, 2.05) is 61.5 Å². The zero-order chi connectivity index (χ0) is 19.1. The number of ether oxygens (including phenoxy) is 1. The van der Waals surface area contributed by atoms with E-state index >= 15 is 0 Å². The van der Waals surface area contributed by atoms with Crippen LogP contribution >= 0.6 is 11.3 Å². The van der Waals surface area contributed by atoms with Crippen LogP contribution in [0.1, 0.15) is 33.0 Å². The predicted molar refractivity (Wildman–Crippen MR) is 108 cm³/mol. The second kappa shape index (κ2) is 9.14. The molecule has 2 aromatic carbocycles. The number of amides is 1. The van der Waals surface area contributed by atoms with Gasteiger partial charge in [0.05, 0.1) is 4.88 Å². The number of nitrogens with one attached hydrogen (secondary N) is 1. The zero-order valence-electron chi connectivity index (χ0n) is 15.1. The van der Waals surface area contributed by atoms with E-state index in [9.17, 15) is 9.59 Å². The molecule has 1 N–H and O–H groups in total. The van der Waals surface area contributed by atoms with Crippen LogP contribution in [-0.2, 0) is 11.4 Å². The molecule has 0 saturated carbocycles. The molecular formula is C22H21NO3S. The Morgan fingerprint density at radius 3 is 2.33 bits per heavy atom. The molecular weight excluding hydrogens is 358 g/mol. The predicted octanol–water partition coefficient (Wildman–Crippen LogP) is 5.24. The molecule has 0 aliphatic heterocycles. The van der Waals surface area contributed by atoms with E-state index in [0.29, 0.717) is 17.2 Å². The normalized spacial score (nSPS) is 10.4. The minimum absolute atomic E-state index is 0.00732. The Morgan fingerprint density at radius 2 is 1.67 bits per heavy atom. The minimum atomic E-state index is -0.172. The number of hydrogen-bond donors (Lipinski definition) is 1. The van der Waals surface area contributed by atoms with Crippen molar-refractivity contribution in [2.45, 2.75) is 26.4 Å². The topological polar surface area (TPSA) is 55.4 Å². The number of rotatable bonds is 8. The highest BCUT2D eigenvalue weighted by Gasteiger charge is 2.11. The van der Waals surface area contributed by atoms with E-state index < -0.39 is 0 Å². The fourth-order valence-corrected chi connectivity index (χ4v) is 3.37. The van der Waals surface area contributed by atoms with Crippen molar-refractivity contribution in [2.24, 2.45) is 0 Å². The van der Waals surface area contributed by atoms with Gasteiger partial charge in [0.25, 0.3) is 0 Å². The number of aryl methyl sites for hydroxylation is 1. The third kappa shape index (κ3) is 5.79. The van der Waals surface area contributed by atoms with Gasteiger partial charge in [-0.25, -0.2) is 0 Å². The summed E-state index contributed by atoms with van der Waals surface area (Å²) in [5.74, 6) is 0.572. The number of ketones is 1. The molecule has 5 heteroatoms. The molecule has 0 fully saturated rings. The van der Waals surface area contributed by atoms with Gasteiger partial charge < -0.3 is 10.1 Å². The highest BCUT2D eigenvalue weighted by molar-refractivity contribution is 7.14. The number of thiophene rings is 1. The fourth-order valence-electron chi connectivity index (χ4n) is 2.53. The maximum Gasteiger partial charge on any atom is 0.224 e. The molecule has 3 aromatic rings. The zero-order valence-corrected chi connectivity index (χ0v) is 15.9. The average molecular weight is 379 g/mol. The lowest BCUT2D eigenvalue weighted by Crippen LogP contribution is -2.13. The number of hydrogen-bond acceptors (Lipinski definition) is 4. The molecule has 0 aliphatic carbocycles. The van der Waals surface area contributed by atoms with E-state index in [1.165, 1.54) is 11.3 Å². The van der Waals surface area contributed by atoms with Crippen LogP contribution in [0.25, 0.3) is 0 Å². The summed E-state index contributed by atoms with van der Waals surface area (Å²) in [6.07, 6.45) is 0.381. The molecule has 1 amide bonds. The van der Waals surface area contributed by atoms with Crippen LogP contribution in [0.4, 0.5) is 5.69 Å². The smallest absolute Gasteiger partial charge is 0.224 e. The minimum Gasteiger partial charge on any atom is -0.489 e. The third-order valence-electron chi connectivity index (χ3n) is 3.98. The van der Waals surface area contributed by atoms with E-state index in [1.54, 1.807) is 12.1 Å². The van der Waals surface area contributed by atoms with Crippen molar-refractivity contribution in [2.75, 3.05) is 5.32 Å². The largest absolute Gasteiger partial charge is 0.489 e. The molecule has 0 aliphatic rings. The molecule has 0 bridgehead atoms. The number of anilines is 1. The summed E-state index contributed by atoms with van der Waals surface area (Å²) in [6, 6.07) is 20.9. The van der Waals surface area contributed by atoms with Crippen molar-refractivity contribution in [1.82, 2.24) is 0 Å². The van der Waals surface area contributed by atoms with Crippen LogP contribution in [0, 0.1) is 6.92 Å². The SMILES string of the molecule is Cc1ccc(C(=O)CCC(=O)Nc2ccc(OCc3ccccc3)cc2)s1. The molecule has 27 heavy (non-hydrogen) atoms. The van der Waals surface area contributed by atoms with Gasteiger partial charge in [0.2, 0.25) is 5.91 Å². The number of carbonyl (C=O) groups is 2. The van der Waals surface area contributed by atoms with Gasteiger partial charge in [-0.3, -0.25) is 9.59 Å². The lowest BCUT2D eigenvalue weighted by atomic mass is 10.2. The first kappa shape index (κ1) is 18.9. The summed E-state index contributed by atoms with van der Waals surface area (Å²) >= 11 is 1.46. The summed E-state index contributed by atoms with van der Waals surface area (Å²) < 4.78 is 5.73. The van der Waals surface area contributed by atoms with E-state index in [2.05, 4.69) is 5.32 Å². The third-order valence-corrected chi connectivity index (χ3v) is 5.02. The lowest BCUT2D eigenvalue weighted by molar-refractivity contribution is -0.116. The van der Waals surface area contributed by atoms with Gasteiger partial charge in [-0.2, -0.15) is 0 Å². The molecule has 1 heterocycles. The molecule has 138 valence electrons. The first-order valence-electron chi connectivity index (χ1n) is 8.76. The summed E-state index contributed by atoms with van der Waals surface area (Å²) in [4.78, 5) is 25.9. The van der Waals surface area contributed by atoms with Crippen molar-refractivity contribution in [1.29, 1.82) is 0 Å². The van der Waals surface area contributed by atoms with Crippen LogP contribution < -0.4 is 10.1 Å². The first-order chi connectivity index (χ1) is 13.1. The number of Topliss-reactive ketones (excluding diaryl/α,β-unsaturated/α-hetero) is 1. The van der Waals surface area contributed by atoms with E-state index in [4.69, 9.17) is 4.74 Å². The number of carbonyl (C=O) groups excluding carboxylic acids is 2. The van der Waals surface area contributed by atoms with Crippen molar-refractivity contribution in [3.8, 4) is 5.75 Å². The second-order valence-corrected chi connectivity index (χ2v) is 7.47. The molecule has 0 saturated heterocycles. The Bertz CT molecular complexity index is 901. The summed E-state index contributed by atoms with van der Waals surface area (Å²) in [5, 5.41) is 2.81. The molecule has 0 unspecified atom stereocenters. The van der Waals surface area contributed by atoms with Gasteiger partial charge in [0.1, 0.15) is 12.4 Å². The van der Waals surface area contributed by atoms with Crippen molar-refractivity contribution >= 4 is 28.7 Å². The summed E-state index contributed by atoms with van der Waals surface area (Å²) in [5.41, 5.74) is 1.78. The van der Waals surface area contributed by atoms with Crippen LogP contribution in [0.15, 0.2) is 66.7 Å². The van der Waals surface area contributed by atoms with Crippen LogP contribution in [0.2, 0.25) is 0 Å². The second-order valence-electron chi connectivity index (χ2n) is 6.18. The average Bonchev–Trinajstić information content (AvgIpc) is 3.13. The maximum atomic E-state index is 12.1. The monoisotopic (exact) mass is 379 g/mol. The van der Waals surface area contributed by atoms with Gasteiger partial charge >= 0.3 is 0 Å². The molecule has 0 spiro atoms. The van der Waals surface area contributed by atoms with Crippen molar-refractivity contribution in [3.63, 3.8) is 0 Å². The Balaban J connectivity index is 1.44. The molecule has 3 rings (SSSR count). The molecule has 0 atom stereocenters. The molecule has 0 radical (unpaired) electrons.